The van der Waals surface area contributed by atoms with Crippen molar-refractivity contribution >= 4 is 27.8 Å². The van der Waals surface area contributed by atoms with E-state index in [1.807, 2.05) is 0 Å². The molecule has 1 unspecified atom stereocenters. The van der Waals surface area contributed by atoms with Crippen molar-refractivity contribution in [2.45, 2.75) is 6.42 Å². The highest BCUT2D eigenvalue weighted by atomic mass is 79.9. The van der Waals surface area contributed by atoms with Gasteiger partial charge in [0, 0.05) is 23.1 Å². The molecule has 1 atom stereocenters. The fraction of sp³-hybridized carbons (Fsp3) is 0.385. The van der Waals surface area contributed by atoms with E-state index in [9.17, 15) is 14.0 Å². The van der Waals surface area contributed by atoms with Gasteiger partial charge in [-0.2, -0.15) is 0 Å². The number of ether oxygens (including phenoxy) is 1. The highest BCUT2D eigenvalue weighted by Gasteiger charge is 2.32. The van der Waals surface area contributed by atoms with Crippen molar-refractivity contribution in [2.75, 3.05) is 20.2 Å². The lowest BCUT2D eigenvalue weighted by Gasteiger charge is -2.16. The highest BCUT2D eigenvalue weighted by Crippen LogP contribution is 2.22. The quantitative estimate of drug-likeness (QED) is 0.781. The molecule has 1 aliphatic rings. The van der Waals surface area contributed by atoms with Gasteiger partial charge in [0.1, 0.15) is 5.82 Å². The number of likely N-dealkylation sites (tertiary alicyclic amines) is 1. The van der Waals surface area contributed by atoms with Crippen LogP contribution in [-0.2, 0) is 9.53 Å². The smallest absolute Gasteiger partial charge is 0.310 e. The predicted octanol–water partition coefficient (Wildman–Crippen LogP) is 2.22. The largest absolute Gasteiger partial charge is 0.469 e. The molecule has 1 heterocycles. The minimum atomic E-state index is -0.471. The lowest BCUT2D eigenvalue weighted by molar-refractivity contribution is -0.144. The molecule has 1 aliphatic heterocycles. The molecule has 1 aromatic rings. The summed E-state index contributed by atoms with van der Waals surface area (Å²) in [7, 11) is 1.33. The minimum Gasteiger partial charge on any atom is -0.469 e. The Balaban J connectivity index is 2.11. The molecule has 0 saturated carbocycles. The lowest BCUT2D eigenvalue weighted by Crippen LogP contribution is -2.30. The van der Waals surface area contributed by atoms with E-state index in [1.54, 1.807) is 11.0 Å². The maximum atomic E-state index is 13.3. The third-order valence-corrected chi connectivity index (χ3v) is 3.58. The van der Waals surface area contributed by atoms with E-state index in [2.05, 4.69) is 20.7 Å². The maximum absolute atomic E-state index is 13.3. The first kappa shape index (κ1) is 14.0. The summed E-state index contributed by atoms with van der Waals surface area (Å²) in [6, 6.07) is 4.05. The molecule has 0 radical (unpaired) electrons. The third-order valence-electron chi connectivity index (χ3n) is 3.12. The van der Waals surface area contributed by atoms with Crippen LogP contribution in [0.15, 0.2) is 22.7 Å². The van der Waals surface area contributed by atoms with E-state index in [0.717, 1.165) is 0 Å². The Kier molecular flexibility index (Phi) is 4.19. The van der Waals surface area contributed by atoms with Gasteiger partial charge in [-0.1, -0.05) is 15.9 Å². The lowest BCUT2D eigenvalue weighted by atomic mass is 10.1. The van der Waals surface area contributed by atoms with Gasteiger partial charge in [-0.25, -0.2) is 4.39 Å². The summed E-state index contributed by atoms with van der Waals surface area (Å²) in [5.41, 5.74) is 0.275. The summed E-state index contributed by atoms with van der Waals surface area (Å²) in [5.74, 6) is -1.34. The molecule has 102 valence electrons. The zero-order chi connectivity index (χ0) is 14.0. The molecule has 0 aliphatic carbocycles. The molecule has 1 saturated heterocycles. The number of methoxy groups -OCH3 is 1. The van der Waals surface area contributed by atoms with Crippen molar-refractivity contribution in [1.29, 1.82) is 0 Å². The van der Waals surface area contributed by atoms with Gasteiger partial charge >= 0.3 is 5.97 Å². The number of amides is 1. The van der Waals surface area contributed by atoms with Crippen molar-refractivity contribution in [2.24, 2.45) is 5.92 Å². The number of halogens is 2. The Hall–Kier alpha value is -1.43. The van der Waals surface area contributed by atoms with Gasteiger partial charge in [0.05, 0.1) is 13.0 Å². The topological polar surface area (TPSA) is 46.6 Å². The second-order valence-corrected chi connectivity index (χ2v) is 5.33. The van der Waals surface area contributed by atoms with Gasteiger partial charge < -0.3 is 9.64 Å². The van der Waals surface area contributed by atoms with Crippen LogP contribution < -0.4 is 0 Å². The van der Waals surface area contributed by atoms with Crippen LogP contribution in [-0.4, -0.2) is 37.0 Å². The molecule has 4 nitrogen and oxygen atoms in total. The molecule has 6 heteroatoms. The SMILES string of the molecule is COC(=O)C1CCN(C(=O)c2cc(F)cc(Br)c2)C1. The second kappa shape index (κ2) is 5.69. The van der Waals surface area contributed by atoms with Crippen molar-refractivity contribution in [3.8, 4) is 0 Å². The molecule has 0 N–H and O–H groups in total. The van der Waals surface area contributed by atoms with Crippen LogP contribution in [0.5, 0.6) is 0 Å². The number of hydrogen-bond acceptors (Lipinski definition) is 3. The van der Waals surface area contributed by atoms with Crippen LogP contribution in [0.25, 0.3) is 0 Å². The number of benzene rings is 1. The summed E-state index contributed by atoms with van der Waals surface area (Å²) in [6.07, 6.45) is 0.578. The number of hydrogen-bond donors (Lipinski definition) is 0. The number of rotatable bonds is 2. The molecule has 0 spiro atoms. The number of esters is 1. The van der Waals surface area contributed by atoms with Gasteiger partial charge in [0.2, 0.25) is 0 Å². The molecule has 2 rings (SSSR count). The fourth-order valence-corrected chi connectivity index (χ4v) is 2.63. The van der Waals surface area contributed by atoms with Crippen LogP contribution in [0.4, 0.5) is 4.39 Å². The van der Waals surface area contributed by atoms with Crippen LogP contribution >= 0.6 is 15.9 Å². The van der Waals surface area contributed by atoms with Gasteiger partial charge in [0.25, 0.3) is 5.91 Å². The van der Waals surface area contributed by atoms with E-state index >= 15 is 0 Å². The average molecular weight is 330 g/mol. The van der Waals surface area contributed by atoms with Gasteiger partial charge in [0.15, 0.2) is 0 Å². The standard InChI is InChI=1S/C13H13BrFNO3/c1-19-13(18)8-2-3-16(7-8)12(17)9-4-10(14)6-11(15)5-9/h4-6,8H,2-3,7H2,1H3. The van der Waals surface area contributed by atoms with Crippen LogP contribution in [0.1, 0.15) is 16.8 Å². The minimum absolute atomic E-state index is 0.272. The Bertz CT molecular complexity index is 500. The van der Waals surface area contributed by atoms with E-state index in [1.165, 1.54) is 19.2 Å². The zero-order valence-corrected chi connectivity index (χ0v) is 11.9. The van der Waals surface area contributed by atoms with E-state index in [0.29, 0.717) is 24.0 Å². The highest BCUT2D eigenvalue weighted by molar-refractivity contribution is 9.10. The molecule has 0 aromatic heterocycles. The molecular weight excluding hydrogens is 317 g/mol. The van der Waals surface area contributed by atoms with E-state index in [4.69, 9.17) is 0 Å². The Morgan fingerprint density at radius 2 is 2.16 bits per heavy atom. The summed E-state index contributed by atoms with van der Waals surface area (Å²) in [5, 5.41) is 0. The molecule has 0 bridgehead atoms. The molecular formula is C13H13BrFNO3. The summed E-state index contributed by atoms with van der Waals surface area (Å²) in [6.45, 7) is 0.798. The first-order valence-electron chi connectivity index (χ1n) is 5.84. The number of carbonyl (C=O) groups is 2. The van der Waals surface area contributed by atoms with Crippen LogP contribution in [0, 0.1) is 11.7 Å². The first-order chi connectivity index (χ1) is 9.01. The third kappa shape index (κ3) is 3.12. The monoisotopic (exact) mass is 329 g/mol. The average Bonchev–Trinajstić information content (AvgIpc) is 2.85. The maximum Gasteiger partial charge on any atom is 0.310 e. The molecule has 1 aromatic carbocycles. The van der Waals surface area contributed by atoms with Gasteiger partial charge in [-0.3, -0.25) is 9.59 Å². The summed E-state index contributed by atoms with van der Waals surface area (Å²) in [4.78, 5) is 25.1. The Morgan fingerprint density at radius 1 is 1.42 bits per heavy atom. The number of carbonyl (C=O) groups excluding carboxylic acids is 2. The van der Waals surface area contributed by atoms with Crippen molar-refractivity contribution in [3.63, 3.8) is 0 Å². The number of nitrogens with zero attached hydrogens (tertiary/aromatic N) is 1. The zero-order valence-electron chi connectivity index (χ0n) is 10.4. The molecule has 1 fully saturated rings. The molecule has 19 heavy (non-hydrogen) atoms. The van der Waals surface area contributed by atoms with Gasteiger partial charge in [-0.05, 0) is 24.6 Å². The molecule has 1 amide bonds. The normalized spacial score (nSPS) is 18.5. The summed E-state index contributed by atoms with van der Waals surface area (Å²) >= 11 is 3.15. The van der Waals surface area contributed by atoms with Crippen molar-refractivity contribution in [1.82, 2.24) is 4.90 Å². The Labute approximate surface area is 118 Å². The second-order valence-electron chi connectivity index (χ2n) is 4.42. The Morgan fingerprint density at radius 3 is 2.79 bits per heavy atom. The van der Waals surface area contributed by atoms with E-state index < -0.39 is 5.82 Å². The summed E-state index contributed by atoms with van der Waals surface area (Å²) < 4.78 is 18.4. The van der Waals surface area contributed by atoms with Crippen LogP contribution in [0.2, 0.25) is 0 Å². The van der Waals surface area contributed by atoms with Crippen molar-refractivity contribution < 1.29 is 18.7 Å². The first-order valence-corrected chi connectivity index (χ1v) is 6.63. The van der Waals surface area contributed by atoms with Crippen molar-refractivity contribution in [3.05, 3.63) is 34.1 Å². The van der Waals surface area contributed by atoms with Gasteiger partial charge in [-0.15, -0.1) is 0 Å². The predicted molar refractivity (Wildman–Crippen MR) is 70.1 cm³/mol. The fourth-order valence-electron chi connectivity index (χ4n) is 2.16. The van der Waals surface area contributed by atoms with Crippen LogP contribution in [0.3, 0.4) is 0 Å². The van der Waals surface area contributed by atoms with E-state index in [-0.39, 0.29) is 23.4 Å².